The minimum atomic E-state index is 0.283. The number of nitrogens with zero attached hydrogens (tertiary/aromatic N) is 1. The third-order valence-electron chi connectivity index (χ3n) is 5.36. The Kier molecular flexibility index (Phi) is 8.31. The Labute approximate surface area is 186 Å². The highest BCUT2D eigenvalue weighted by Crippen LogP contribution is 2.32. The Hall–Kier alpha value is -3.04. The zero-order chi connectivity index (χ0) is 22.1. The SMILES string of the molecule is CC/C(Cc1ccccc1)=C(/c1ccc(O)cc1)c1ccc(OCCCN(C)C)cc1. The third-order valence-corrected chi connectivity index (χ3v) is 5.36. The van der Waals surface area contributed by atoms with Crippen molar-refractivity contribution in [2.75, 3.05) is 27.2 Å². The third kappa shape index (κ3) is 6.73. The Morgan fingerprint density at radius 3 is 2.03 bits per heavy atom. The summed E-state index contributed by atoms with van der Waals surface area (Å²) < 4.78 is 5.92. The van der Waals surface area contributed by atoms with E-state index in [1.807, 2.05) is 12.1 Å². The topological polar surface area (TPSA) is 32.7 Å². The van der Waals surface area contributed by atoms with E-state index in [1.54, 1.807) is 12.1 Å². The van der Waals surface area contributed by atoms with Crippen LogP contribution in [0.4, 0.5) is 0 Å². The largest absolute Gasteiger partial charge is 0.508 e. The molecule has 0 saturated carbocycles. The minimum Gasteiger partial charge on any atom is -0.508 e. The zero-order valence-electron chi connectivity index (χ0n) is 18.8. The van der Waals surface area contributed by atoms with E-state index in [9.17, 15) is 5.11 Å². The van der Waals surface area contributed by atoms with E-state index in [0.717, 1.165) is 37.1 Å². The number of phenols is 1. The highest BCUT2D eigenvalue weighted by molar-refractivity contribution is 5.82. The molecule has 0 unspecified atom stereocenters. The van der Waals surface area contributed by atoms with Crippen LogP contribution < -0.4 is 4.74 Å². The number of aromatic hydroxyl groups is 1. The first-order valence-corrected chi connectivity index (χ1v) is 11.0. The van der Waals surface area contributed by atoms with Gasteiger partial charge in [0, 0.05) is 6.54 Å². The summed E-state index contributed by atoms with van der Waals surface area (Å²) >= 11 is 0. The second kappa shape index (κ2) is 11.4. The molecule has 0 aliphatic carbocycles. The lowest BCUT2D eigenvalue weighted by Gasteiger charge is -2.17. The molecule has 31 heavy (non-hydrogen) atoms. The van der Waals surface area contributed by atoms with Crippen molar-refractivity contribution in [2.45, 2.75) is 26.2 Å². The Morgan fingerprint density at radius 2 is 1.45 bits per heavy atom. The summed E-state index contributed by atoms with van der Waals surface area (Å²) in [6, 6.07) is 26.5. The molecule has 0 saturated heterocycles. The molecule has 0 heterocycles. The van der Waals surface area contributed by atoms with E-state index >= 15 is 0 Å². The molecule has 0 amide bonds. The normalized spacial score (nSPS) is 12.0. The molecule has 1 N–H and O–H groups in total. The molecule has 3 aromatic carbocycles. The number of ether oxygens (including phenoxy) is 1. The van der Waals surface area contributed by atoms with E-state index in [2.05, 4.69) is 80.5 Å². The molecule has 3 nitrogen and oxygen atoms in total. The van der Waals surface area contributed by atoms with Crippen molar-refractivity contribution < 1.29 is 9.84 Å². The minimum absolute atomic E-state index is 0.283. The first-order chi connectivity index (χ1) is 15.1. The number of hydrogen-bond acceptors (Lipinski definition) is 3. The second-order valence-corrected chi connectivity index (χ2v) is 8.07. The van der Waals surface area contributed by atoms with Crippen molar-refractivity contribution >= 4 is 5.57 Å². The molecular formula is C28H33NO2. The fraction of sp³-hybridized carbons (Fsp3) is 0.286. The van der Waals surface area contributed by atoms with Crippen molar-refractivity contribution in [1.29, 1.82) is 0 Å². The molecule has 0 aromatic heterocycles. The van der Waals surface area contributed by atoms with Crippen LogP contribution in [0.3, 0.4) is 0 Å². The van der Waals surface area contributed by atoms with Gasteiger partial charge in [0.2, 0.25) is 0 Å². The maximum Gasteiger partial charge on any atom is 0.119 e. The van der Waals surface area contributed by atoms with Gasteiger partial charge in [0.1, 0.15) is 11.5 Å². The number of benzene rings is 3. The first-order valence-electron chi connectivity index (χ1n) is 11.0. The van der Waals surface area contributed by atoms with Crippen LogP contribution in [0.15, 0.2) is 84.4 Å². The summed E-state index contributed by atoms with van der Waals surface area (Å²) in [6.45, 7) is 3.94. The van der Waals surface area contributed by atoms with Gasteiger partial charge in [0.15, 0.2) is 0 Å². The quantitative estimate of drug-likeness (QED) is 0.402. The number of hydrogen-bond donors (Lipinski definition) is 1. The first kappa shape index (κ1) is 22.6. The fourth-order valence-electron chi connectivity index (χ4n) is 3.72. The van der Waals surface area contributed by atoms with Crippen LogP contribution in [0, 0.1) is 0 Å². The molecule has 162 valence electrons. The van der Waals surface area contributed by atoms with Crippen LogP contribution >= 0.6 is 0 Å². The molecule has 3 rings (SSSR count). The Balaban J connectivity index is 1.90. The summed E-state index contributed by atoms with van der Waals surface area (Å²) in [4.78, 5) is 2.17. The number of phenolic OH excluding ortho intramolecular Hbond substituents is 1. The monoisotopic (exact) mass is 415 g/mol. The second-order valence-electron chi connectivity index (χ2n) is 8.07. The number of allylic oxidation sites excluding steroid dienone is 1. The molecule has 0 bridgehead atoms. The van der Waals surface area contributed by atoms with Gasteiger partial charge < -0.3 is 14.7 Å². The van der Waals surface area contributed by atoms with Crippen LogP contribution in [-0.2, 0) is 6.42 Å². The van der Waals surface area contributed by atoms with Crippen molar-refractivity contribution in [3.8, 4) is 11.5 Å². The lowest BCUT2D eigenvalue weighted by Crippen LogP contribution is -2.15. The molecule has 0 aliphatic rings. The summed E-state index contributed by atoms with van der Waals surface area (Å²) in [5.74, 6) is 1.18. The van der Waals surface area contributed by atoms with Gasteiger partial charge in [0.25, 0.3) is 0 Å². The highest BCUT2D eigenvalue weighted by atomic mass is 16.5. The molecule has 0 atom stereocenters. The van der Waals surface area contributed by atoms with Gasteiger partial charge in [-0.15, -0.1) is 0 Å². The van der Waals surface area contributed by atoms with Crippen molar-refractivity contribution in [3.63, 3.8) is 0 Å². The van der Waals surface area contributed by atoms with E-state index in [0.29, 0.717) is 6.61 Å². The highest BCUT2D eigenvalue weighted by Gasteiger charge is 2.12. The lowest BCUT2D eigenvalue weighted by molar-refractivity contribution is 0.281. The van der Waals surface area contributed by atoms with E-state index in [-0.39, 0.29) is 5.75 Å². The van der Waals surface area contributed by atoms with Crippen LogP contribution in [0.2, 0.25) is 0 Å². The predicted octanol–water partition coefficient (Wildman–Crippen LogP) is 6.18. The van der Waals surface area contributed by atoms with Gasteiger partial charge in [-0.05, 0) is 79.9 Å². The van der Waals surface area contributed by atoms with Gasteiger partial charge in [-0.2, -0.15) is 0 Å². The van der Waals surface area contributed by atoms with E-state index in [1.165, 1.54) is 22.3 Å². The van der Waals surface area contributed by atoms with Crippen LogP contribution in [0.1, 0.15) is 36.5 Å². The smallest absolute Gasteiger partial charge is 0.119 e. The maximum atomic E-state index is 9.78. The summed E-state index contributed by atoms with van der Waals surface area (Å²) in [6.07, 6.45) is 2.86. The lowest BCUT2D eigenvalue weighted by atomic mass is 9.88. The number of rotatable bonds is 10. The van der Waals surface area contributed by atoms with Gasteiger partial charge in [-0.25, -0.2) is 0 Å². The van der Waals surface area contributed by atoms with E-state index < -0.39 is 0 Å². The van der Waals surface area contributed by atoms with Crippen molar-refractivity contribution in [3.05, 3.63) is 101 Å². The fourth-order valence-corrected chi connectivity index (χ4v) is 3.72. The Morgan fingerprint density at radius 1 is 0.839 bits per heavy atom. The van der Waals surface area contributed by atoms with Gasteiger partial charge in [0.05, 0.1) is 6.61 Å². The van der Waals surface area contributed by atoms with Crippen molar-refractivity contribution in [2.24, 2.45) is 0 Å². The molecule has 3 aromatic rings. The summed E-state index contributed by atoms with van der Waals surface area (Å²) in [5.41, 5.74) is 6.18. The molecule has 0 spiro atoms. The van der Waals surface area contributed by atoms with Gasteiger partial charge in [-0.3, -0.25) is 0 Å². The average molecular weight is 416 g/mol. The molecule has 0 aliphatic heterocycles. The zero-order valence-corrected chi connectivity index (χ0v) is 18.8. The van der Waals surface area contributed by atoms with Gasteiger partial charge >= 0.3 is 0 Å². The Bertz CT molecular complexity index is 958. The van der Waals surface area contributed by atoms with Crippen LogP contribution in [0.25, 0.3) is 5.57 Å². The molecule has 0 fully saturated rings. The molecule has 3 heteroatoms. The van der Waals surface area contributed by atoms with Crippen LogP contribution in [-0.4, -0.2) is 37.3 Å². The standard InChI is InChI=1S/C28H33NO2/c1-4-23(21-22-9-6-5-7-10-22)28(24-11-15-26(30)16-12-24)25-13-17-27(18-14-25)31-20-8-19-29(2)3/h5-7,9-18,30H,4,8,19-21H2,1-3H3/b28-23+. The van der Waals surface area contributed by atoms with Gasteiger partial charge in [-0.1, -0.05) is 67.1 Å². The van der Waals surface area contributed by atoms with E-state index in [4.69, 9.17) is 4.74 Å². The predicted molar refractivity (Wildman–Crippen MR) is 130 cm³/mol. The average Bonchev–Trinajstić information content (AvgIpc) is 2.79. The van der Waals surface area contributed by atoms with Crippen molar-refractivity contribution in [1.82, 2.24) is 4.90 Å². The molecule has 0 radical (unpaired) electrons. The maximum absolute atomic E-state index is 9.78. The summed E-state index contributed by atoms with van der Waals surface area (Å²) in [7, 11) is 4.15. The molecular weight excluding hydrogens is 382 g/mol. The van der Waals surface area contributed by atoms with Crippen LogP contribution in [0.5, 0.6) is 11.5 Å². The summed E-state index contributed by atoms with van der Waals surface area (Å²) in [5, 5.41) is 9.78.